The summed E-state index contributed by atoms with van der Waals surface area (Å²) in [7, 11) is 0. The number of H-pyrrole nitrogens is 1. The molecule has 0 aliphatic carbocycles. The summed E-state index contributed by atoms with van der Waals surface area (Å²) in [5, 5.41) is 0. The molecule has 5 nitrogen and oxygen atoms in total. The molecule has 0 saturated heterocycles. The number of carbonyl (C=O) groups excluding carboxylic acids is 2. The molecular weight excluding hydrogens is 206 g/mol. The minimum absolute atomic E-state index is 0.159. The van der Waals surface area contributed by atoms with Crippen LogP contribution in [0.3, 0.4) is 0 Å². The number of hydrazine groups is 1. The maximum atomic E-state index is 11.4. The number of amides is 2. The highest BCUT2D eigenvalue weighted by Gasteiger charge is 2.06. The van der Waals surface area contributed by atoms with E-state index in [1.54, 1.807) is 18.3 Å². The van der Waals surface area contributed by atoms with Gasteiger partial charge in [0.2, 0.25) is 5.91 Å². The molecule has 0 unspecified atom stereocenters. The minimum atomic E-state index is -0.339. The fourth-order valence-electron chi connectivity index (χ4n) is 1.26. The number of rotatable bonds is 5. The van der Waals surface area contributed by atoms with Crippen molar-refractivity contribution in [3.63, 3.8) is 0 Å². The van der Waals surface area contributed by atoms with Crippen molar-refractivity contribution in [1.29, 1.82) is 0 Å². The summed E-state index contributed by atoms with van der Waals surface area (Å²) in [5.74, 6) is -0.498. The maximum absolute atomic E-state index is 11.4. The topological polar surface area (TPSA) is 74.0 Å². The van der Waals surface area contributed by atoms with Crippen LogP contribution in [0.5, 0.6) is 0 Å². The van der Waals surface area contributed by atoms with Crippen LogP contribution in [0.1, 0.15) is 43.1 Å². The van der Waals surface area contributed by atoms with E-state index < -0.39 is 0 Å². The van der Waals surface area contributed by atoms with Crippen molar-refractivity contribution in [3.05, 3.63) is 24.0 Å². The van der Waals surface area contributed by atoms with E-state index in [1.807, 2.05) is 0 Å². The Hall–Kier alpha value is -1.78. The highest BCUT2D eigenvalue weighted by Crippen LogP contribution is 1.98. The summed E-state index contributed by atoms with van der Waals surface area (Å²) in [6.45, 7) is 2.07. The zero-order chi connectivity index (χ0) is 11.8. The highest BCUT2D eigenvalue weighted by atomic mass is 16.2. The van der Waals surface area contributed by atoms with Crippen molar-refractivity contribution < 1.29 is 9.59 Å². The summed E-state index contributed by atoms with van der Waals surface area (Å²) in [6.07, 6.45) is 5.04. The molecule has 0 aromatic carbocycles. The second-order valence-electron chi connectivity index (χ2n) is 3.54. The van der Waals surface area contributed by atoms with Crippen molar-refractivity contribution in [1.82, 2.24) is 15.8 Å². The van der Waals surface area contributed by atoms with Gasteiger partial charge in [0.25, 0.3) is 5.91 Å². The number of aromatic amines is 1. The smallest absolute Gasteiger partial charge is 0.286 e. The lowest BCUT2D eigenvalue weighted by Gasteiger charge is -2.05. The first-order chi connectivity index (χ1) is 7.74. The van der Waals surface area contributed by atoms with E-state index in [2.05, 4.69) is 22.8 Å². The van der Waals surface area contributed by atoms with Crippen molar-refractivity contribution in [3.8, 4) is 0 Å². The number of unbranched alkanes of at least 4 members (excludes halogenated alkanes) is 2. The molecule has 1 rings (SSSR count). The summed E-state index contributed by atoms with van der Waals surface area (Å²) in [6, 6.07) is 3.36. The van der Waals surface area contributed by atoms with Crippen molar-refractivity contribution in [2.45, 2.75) is 32.6 Å². The van der Waals surface area contributed by atoms with Crippen LogP contribution in [0.2, 0.25) is 0 Å². The van der Waals surface area contributed by atoms with Crippen LogP contribution in [0, 0.1) is 0 Å². The average Bonchev–Trinajstić information content (AvgIpc) is 2.79. The van der Waals surface area contributed by atoms with Gasteiger partial charge in [-0.15, -0.1) is 0 Å². The quantitative estimate of drug-likeness (QED) is 0.521. The van der Waals surface area contributed by atoms with Gasteiger partial charge in [-0.2, -0.15) is 0 Å². The monoisotopic (exact) mass is 223 g/mol. The van der Waals surface area contributed by atoms with Crippen LogP contribution in [0.25, 0.3) is 0 Å². The number of carbonyl (C=O) groups is 2. The molecule has 0 saturated carbocycles. The van der Waals surface area contributed by atoms with Crippen LogP contribution in [-0.4, -0.2) is 16.8 Å². The lowest BCUT2D eigenvalue weighted by Crippen LogP contribution is -2.41. The molecule has 0 aliphatic rings. The molecule has 0 bridgehead atoms. The van der Waals surface area contributed by atoms with E-state index in [-0.39, 0.29) is 11.8 Å². The number of hydrogen-bond acceptors (Lipinski definition) is 2. The number of nitrogens with one attached hydrogen (secondary N) is 3. The molecule has 0 spiro atoms. The Balaban J connectivity index is 2.19. The standard InChI is InChI=1S/C11H17N3O2/c1-2-3-4-7-10(15)13-14-11(16)9-6-5-8-12-9/h5-6,8,12H,2-4,7H2,1H3,(H,13,15)(H,14,16). The first kappa shape index (κ1) is 12.3. The number of aromatic nitrogens is 1. The van der Waals surface area contributed by atoms with E-state index in [4.69, 9.17) is 0 Å². The van der Waals surface area contributed by atoms with Gasteiger partial charge < -0.3 is 4.98 Å². The summed E-state index contributed by atoms with van der Waals surface area (Å²) >= 11 is 0. The molecule has 0 radical (unpaired) electrons. The molecule has 16 heavy (non-hydrogen) atoms. The van der Waals surface area contributed by atoms with Crippen LogP contribution in [0.15, 0.2) is 18.3 Å². The van der Waals surface area contributed by atoms with Crippen LogP contribution in [0.4, 0.5) is 0 Å². The average molecular weight is 223 g/mol. The molecule has 0 aliphatic heterocycles. The Labute approximate surface area is 94.6 Å². The van der Waals surface area contributed by atoms with Gasteiger partial charge in [0, 0.05) is 12.6 Å². The first-order valence-electron chi connectivity index (χ1n) is 5.46. The third-order valence-electron chi connectivity index (χ3n) is 2.17. The Bertz CT molecular complexity index is 333. The molecule has 2 amide bonds. The second kappa shape index (κ2) is 6.66. The molecule has 1 heterocycles. The van der Waals surface area contributed by atoms with E-state index in [1.165, 1.54) is 0 Å². The van der Waals surface area contributed by atoms with Crippen LogP contribution in [-0.2, 0) is 4.79 Å². The maximum Gasteiger partial charge on any atom is 0.286 e. The van der Waals surface area contributed by atoms with Gasteiger partial charge in [-0.1, -0.05) is 19.8 Å². The number of hydrogen-bond donors (Lipinski definition) is 3. The normalized spacial score (nSPS) is 9.81. The summed E-state index contributed by atoms with van der Waals surface area (Å²) in [5.41, 5.74) is 5.14. The van der Waals surface area contributed by atoms with E-state index in [9.17, 15) is 9.59 Å². The first-order valence-corrected chi connectivity index (χ1v) is 5.46. The van der Waals surface area contributed by atoms with Gasteiger partial charge in [0.1, 0.15) is 5.69 Å². The minimum Gasteiger partial charge on any atom is -0.357 e. The van der Waals surface area contributed by atoms with E-state index in [0.29, 0.717) is 12.1 Å². The predicted molar refractivity (Wildman–Crippen MR) is 60.5 cm³/mol. The molecule has 0 fully saturated rings. The fraction of sp³-hybridized carbons (Fsp3) is 0.455. The lowest BCUT2D eigenvalue weighted by molar-refractivity contribution is -0.121. The van der Waals surface area contributed by atoms with Crippen LogP contribution < -0.4 is 10.9 Å². The third kappa shape index (κ3) is 4.16. The molecule has 3 N–H and O–H groups in total. The van der Waals surface area contributed by atoms with Gasteiger partial charge in [0.15, 0.2) is 0 Å². The molecule has 0 atom stereocenters. The van der Waals surface area contributed by atoms with E-state index in [0.717, 1.165) is 19.3 Å². The molecule has 88 valence electrons. The lowest BCUT2D eigenvalue weighted by atomic mass is 10.2. The van der Waals surface area contributed by atoms with Crippen molar-refractivity contribution in [2.75, 3.05) is 0 Å². The molecule has 1 aromatic rings. The Kier molecular flexibility index (Phi) is 5.11. The SMILES string of the molecule is CCCCCC(=O)NNC(=O)c1ccc[nH]1. The van der Waals surface area contributed by atoms with Gasteiger partial charge in [-0.25, -0.2) is 0 Å². The van der Waals surface area contributed by atoms with Gasteiger partial charge in [0.05, 0.1) is 0 Å². The predicted octanol–water partition coefficient (Wildman–Crippen LogP) is 1.36. The second-order valence-corrected chi connectivity index (χ2v) is 3.54. The molecular formula is C11H17N3O2. The van der Waals surface area contributed by atoms with Gasteiger partial charge in [-0.05, 0) is 18.6 Å². The third-order valence-corrected chi connectivity index (χ3v) is 2.17. The summed E-state index contributed by atoms with van der Waals surface area (Å²) in [4.78, 5) is 25.4. The van der Waals surface area contributed by atoms with Crippen LogP contribution >= 0.6 is 0 Å². The zero-order valence-electron chi connectivity index (χ0n) is 9.38. The molecule has 5 heteroatoms. The largest absolute Gasteiger partial charge is 0.357 e. The van der Waals surface area contributed by atoms with Gasteiger partial charge in [-0.3, -0.25) is 20.4 Å². The highest BCUT2D eigenvalue weighted by molar-refractivity contribution is 5.93. The fourth-order valence-corrected chi connectivity index (χ4v) is 1.26. The van der Waals surface area contributed by atoms with Gasteiger partial charge >= 0.3 is 0 Å². The Morgan fingerprint density at radius 2 is 2.12 bits per heavy atom. The van der Waals surface area contributed by atoms with Crippen molar-refractivity contribution >= 4 is 11.8 Å². The Morgan fingerprint density at radius 1 is 1.31 bits per heavy atom. The van der Waals surface area contributed by atoms with Crippen molar-refractivity contribution in [2.24, 2.45) is 0 Å². The molecule has 1 aromatic heterocycles. The zero-order valence-corrected chi connectivity index (χ0v) is 9.38. The Morgan fingerprint density at radius 3 is 2.75 bits per heavy atom. The van der Waals surface area contributed by atoms with E-state index >= 15 is 0 Å². The summed E-state index contributed by atoms with van der Waals surface area (Å²) < 4.78 is 0.